The first-order chi connectivity index (χ1) is 5.20. The third-order valence-corrected chi connectivity index (χ3v) is 3.07. The molecular weight excluding hydrogens is 152 g/mol. The van der Waals surface area contributed by atoms with Crippen LogP contribution in [0.4, 0.5) is 0 Å². The molecule has 1 aromatic rings. The zero-order chi connectivity index (χ0) is 8.43. The molecule has 0 aliphatic carbocycles. The second-order valence-corrected chi connectivity index (χ2v) is 3.73. The molecule has 1 heteroatoms. The van der Waals surface area contributed by atoms with Gasteiger partial charge in [0.25, 0.3) is 0 Å². The maximum Gasteiger partial charge on any atom is 0.0342 e. The molecule has 0 saturated carbocycles. The molecule has 0 spiro atoms. The van der Waals surface area contributed by atoms with Gasteiger partial charge in [0.05, 0.1) is 0 Å². The second kappa shape index (κ2) is 3.05. The zero-order valence-corrected chi connectivity index (χ0v) is 7.79. The largest absolute Gasteiger partial charge is 0.140 e. The minimum Gasteiger partial charge on any atom is -0.140 e. The van der Waals surface area contributed by atoms with Crippen LogP contribution in [-0.2, 0) is 0 Å². The van der Waals surface area contributed by atoms with Crippen LogP contribution in [0.5, 0.6) is 0 Å². The highest BCUT2D eigenvalue weighted by molar-refractivity contribution is 7.13. The van der Waals surface area contributed by atoms with Crippen molar-refractivity contribution in [1.82, 2.24) is 0 Å². The molecule has 0 N–H and O–H groups in total. The Bertz CT molecular complexity index is 292. The topological polar surface area (TPSA) is 0 Å². The summed E-state index contributed by atoms with van der Waals surface area (Å²) in [4.78, 5) is 2.59. The number of thiophene rings is 1. The van der Waals surface area contributed by atoms with Crippen LogP contribution in [0.15, 0.2) is 13.2 Å². The number of aryl methyl sites for hydroxylation is 1. The monoisotopic (exact) mass is 164 g/mol. The van der Waals surface area contributed by atoms with Crippen LogP contribution in [0, 0.1) is 13.8 Å². The van der Waals surface area contributed by atoms with Crippen LogP contribution in [0.2, 0.25) is 0 Å². The molecule has 0 saturated heterocycles. The minimum atomic E-state index is 1.23. The Kier molecular flexibility index (Phi) is 2.30. The van der Waals surface area contributed by atoms with Crippen LogP contribution < -0.4 is 0 Å². The van der Waals surface area contributed by atoms with Crippen molar-refractivity contribution in [2.75, 3.05) is 0 Å². The first-order valence-electron chi connectivity index (χ1n) is 3.55. The molecule has 0 unspecified atom stereocenters. The molecule has 0 radical (unpaired) electrons. The van der Waals surface area contributed by atoms with Crippen molar-refractivity contribution in [3.05, 3.63) is 34.0 Å². The van der Waals surface area contributed by atoms with Crippen molar-refractivity contribution in [2.45, 2.75) is 13.8 Å². The zero-order valence-electron chi connectivity index (χ0n) is 6.98. The highest BCUT2D eigenvalue weighted by Gasteiger charge is 2.05. The normalized spacial score (nSPS) is 9.64. The van der Waals surface area contributed by atoms with E-state index in [1.165, 1.54) is 20.9 Å². The van der Waals surface area contributed by atoms with Crippen molar-refractivity contribution in [2.24, 2.45) is 0 Å². The van der Waals surface area contributed by atoms with Gasteiger partial charge in [-0.3, -0.25) is 0 Å². The fourth-order valence-electron chi connectivity index (χ4n) is 1.08. The maximum absolute atomic E-state index is 3.77. The highest BCUT2D eigenvalue weighted by atomic mass is 32.1. The fourth-order valence-corrected chi connectivity index (χ4v) is 2.10. The van der Waals surface area contributed by atoms with Gasteiger partial charge in [0, 0.05) is 9.75 Å². The van der Waals surface area contributed by atoms with Gasteiger partial charge in [-0.2, -0.15) is 0 Å². The predicted octanol–water partition coefficient (Wildman–Crippen LogP) is 3.65. The van der Waals surface area contributed by atoms with Gasteiger partial charge in [-0.15, -0.1) is 11.3 Å². The Morgan fingerprint density at radius 3 is 2.18 bits per heavy atom. The molecule has 11 heavy (non-hydrogen) atoms. The molecule has 1 rings (SSSR count). The van der Waals surface area contributed by atoms with E-state index in [1.807, 2.05) is 12.2 Å². The lowest BCUT2D eigenvalue weighted by Crippen LogP contribution is -1.74. The molecule has 0 amide bonds. The lowest BCUT2D eigenvalue weighted by Gasteiger charge is -1.91. The minimum absolute atomic E-state index is 1.23. The summed E-state index contributed by atoms with van der Waals surface area (Å²) in [5, 5.41) is 0. The molecule has 0 fully saturated rings. The van der Waals surface area contributed by atoms with Crippen molar-refractivity contribution in [3.63, 3.8) is 0 Å². The van der Waals surface area contributed by atoms with Gasteiger partial charge in [-0.05, 0) is 25.0 Å². The quantitative estimate of drug-likeness (QED) is 0.626. The fraction of sp³-hybridized carbons (Fsp3) is 0.200. The van der Waals surface area contributed by atoms with Crippen molar-refractivity contribution >= 4 is 23.5 Å². The Labute approximate surface area is 71.9 Å². The molecule has 0 nitrogen and oxygen atoms in total. The Balaban J connectivity index is 3.37. The Hall–Kier alpha value is -0.820. The summed E-state index contributed by atoms with van der Waals surface area (Å²) in [6.45, 7) is 11.8. The van der Waals surface area contributed by atoms with Gasteiger partial charge in [0.2, 0.25) is 0 Å². The molecule has 0 aliphatic heterocycles. The van der Waals surface area contributed by atoms with E-state index in [1.54, 1.807) is 11.3 Å². The number of hydrogen-bond donors (Lipinski definition) is 0. The van der Waals surface area contributed by atoms with E-state index in [0.29, 0.717) is 0 Å². The molecule has 1 heterocycles. The van der Waals surface area contributed by atoms with Gasteiger partial charge in [-0.25, -0.2) is 0 Å². The lowest BCUT2D eigenvalue weighted by atomic mass is 10.1. The van der Waals surface area contributed by atoms with Crippen LogP contribution in [0.25, 0.3) is 12.2 Å². The average molecular weight is 164 g/mol. The van der Waals surface area contributed by atoms with Crippen LogP contribution in [0.3, 0.4) is 0 Å². The molecular formula is C10H12S. The number of rotatable bonds is 2. The molecule has 0 aromatic carbocycles. The third-order valence-electron chi connectivity index (χ3n) is 1.85. The summed E-state index contributed by atoms with van der Waals surface area (Å²) in [5.74, 6) is 0. The SMILES string of the molecule is C=Cc1sc(C)c(C)c1C=C. The van der Waals surface area contributed by atoms with Crippen LogP contribution in [-0.4, -0.2) is 0 Å². The smallest absolute Gasteiger partial charge is 0.0342 e. The second-order valence-electron chi connectivity index (χ2n) is 2.47. The molecule has 0 atom stereocenters. The van der Waals surface area contributed by atoms with E-state index >= 15 is 0 Å². The standard InChI is InChI=1S/C10H12S/c1-5-9-7(3)8(4)11-10(9)6-2/h5-6H,1-2H2,3-4H3. The third kappa shape index (κ3) is 1.29. The van der Waals surface area contributed by atoms with Gasteiger partial charge in [0.15, 0.2) is 0 Å². The molecule has 0 bridgehead atoms. The molecule has 0 aliphatic rings. The predicted molar refractivity (Wildman–Crippen MR) is 54.0 cm³/mol. The summed E-state index contributed by atoms with van der Waals surface area (Å²) >= 11 is 1.78. The van der Waals surface area contributed by atoms with E-state index in [-0.39, 0.29) is 0 Å². The van der Waals surface area contributed by atoms with E-state index in [4.69, 9.17) is 0 Å². The van der Waals surface area contributed by atoms with Crippen molar-refractivity contribution in [3.8, 4) is 0 Å². The molecule has 58 valence electrons. The average Bonchev–Trinajstić information content (AvgIpc) is 2.28. The van der Waals surface area contributed by atoms with Crippen molar-refractivity contribution < 1.29 is 0 Å². The summed E-state index contributed by atoms with van der Waals surface area (Å²) in [5.41, 5.74) is 2.57. The lowest BCUT2D eigenvalue weighted by molar-refractivity contribution is 1.42. The van der Waals surface area contributed by atoms with Gasteiger partial charge < -0.3 is 0 Å². The van der Waals surface area contributed by atoms with Crippen LogP contribution in [0.1, 0.15) is 20.9 Å². The summed E-state index contributed by atoms with van der Waals surface area (Å²) in [6, 6.07) is 0. The maximum atomic E-state index is 3.77. The van der Waals surface area contributed by atoms with E-state index in [9.17, 15) is 0 Å². The van der Waals surface area contributed by atoms with Gasteiger partial charge in [0.1, 0.15) is 0 Å². The highest BCUT2D eigenvalue weighted by Crippen LogP contribution is 2.28. The van der Waals surface area contributed by atoms with Crippen molar-refractivity contribution in [1.29, 1.82) is 0 Å². The van der Waals surface area contributed by atoms with Crippen LogP contribution >= 0.6 is 11.3 Å². The first kappa shape index (κ1) is 8.28. The Morgan fingerprint density at radius 1 is 1.18 bits per heavy atom. The summed E-state index contributed by atoms with van der Waals surface area (Å²) in [7, 11) is 0. The van der Waals surface area contributed by atoms with Gasteiger partial charge in [-0.1, -0.05) is 25.3 Å². The summed E-state index contributed by atoms with van der Waals surface area (Å²) < 4.78 is 0. The first-order valence-corrected chi connectivity index (χ1v) is 4.37. The molecule has 1 aromatic heterocycles. The Morgan fingerprint density at radius 2 is 1.82 bits per heavy atom. The van der Waals surface area contributed by atoms with E-state index in [0.717, 1.165) is 0 Å². The summed E-state index contributed by atoms with van der Waals surface area (Å²) in [6.07, 6.45) is 3.79. The van der Waals surface area contributed by atoms with Gasteiger partial charge >= 0.3 is 0 Å². The van der Waals surface area contributed by atoms with E-state index in [2.05, 4.69) is 27.0 Å². The van der Waals surface area contributed by atoms with E-state index < -0.39 is 0 Å². The number of hydrogen-bond acceptors (Lipinski definition) is 1.